The first-order valence-electron chi connectivity index (χ1n) is 7.13. The lowest BCUT2D eigenvalue weighted by atomic mass is 9.93. The van der Waals surface area contributed by atoms with Gasteiger partial charge in [-0.3, -0.25) is 4.68 Å². The second-order valence-electron chi connectivity index (χ2n) is 5.39. The Morgan fingerprint density at radius 1 is 1.45 bits per heavy atom. The molecule has 0 radical (unpaired) electrons. The van der Waals surface area contributed by atoms with E-state index >= 15 is 0 Å². The highest BCUT2D eigenvalue weighted by Crippen LogP contribution is 2.32. The number of benzene rings is 1. The third-order valence-electron chi connectivity index (χ3n) is 3.95. The number of rotatable bonds is 4. The monoisotopic (exact) mass is 271 g/mol. The van der Waals surface area contributed by atoms with Gasteiger partial charge in [-0.2, -0.15) is 5.10 Å². The maximum atomic E-state index is 5.19. The number of nitrogens with zero attached hydrogens (tertiary/aromatic N) is 2. The van der Waals surface area contributed by atoms with Crippen LogP contribution in [0.25, 0.3) is 0 Å². The van der Waals surface area contributed by atoms with Crippen molar-refractivity contribution >= 4 is 5.69 Å². The van der Waals surface area contributed by atoms with Gasteiger partial charge in [0.2, 0.25) is 0 Å². The van der Waals surface area contributed by atoms with Gasteiger partial charge in [0.15, 0.2) is 0 Å². The van der Waals surface area contributed by atoms with E-state index < -0.39 is 0 Å². The standard InChI is InChI=1S/C16H21N3O/c1-19-16-8-4-7-15(14(16)10-17-19)18-13-6-3-5-12(9-13)11-20-2/h3,5-6,9-10,15,18H,4,7-8,11H2,1-2H3. The molecule has 0 spiro atoms. The fraction of sp³-hybridized carbons (Fsp3) is 0.438. The fourth-order valence-corrected chi connectivity index (χ4v) is 2.97. The highest BCUT2D eigenvalue weighted by molar-refractivity contribution is 5.48. The van der Waals surface area contributed by atoms with Gasteiger partial charge in [0.1, 0.15) is 0 Å². The highest BCUT2D eigenvalue weighted by atomic mass is 16.5. The molecule has 1 atom stereocenters. The quantitative estimate of drug-likeness (QED) is 0.929. The van der Waals surface area contributed by atoms with Crippen LogP contribution in [-0.2, 0) is 24.8 Å². The largest absolute Gasteiger partial charge is 0.380 e. The van der Waals surface area contributed by atoms with Crippen LogP contribution >= 0.6 is 0 Å². The molecule has 1 aliphatic carbocycles. The molecule has 1 aromatic carbocycles. The summed E-state index contributed by atoms with van der Waals surface area (Å²) in [5.74, 6) is 0. The van der Waals surface area contributed by atoms with E-state index in [1.54, 1.807) is 7.11 Å². The molecule has 0 aliphatic heterocycles. The van der Waals surface area contributed by atoms with E-state index in [1.165, 1.54) is 23.2 Å². The van der Waals surface area contributed by atoms with Crippen molar-refractivity contribution < 1.29 is 4.74 Å². The van der Waals surface area contributed by atoms with Crippen LogP contribution in [0.5, 0.6) is 0 Å². The summed E-state index contributed by atoms with van der Waals surface area (Å²) in [6.07, 6.45) is 5.51. The number of ether oxygens (including phenoxy) is 1. The van der Waals surface area contributed by atoms with Gasteiger partial charge >= 0.3 is 0 Å². The number of fused-ring (bicyclic) bond motifs is 1. The smallest absolute Gasteiger partial charge is 0.0713 e. The van der Waals surface area contributed by atoms with Crippen LogP contribution in [0.4, 0.5) is 5.69 Å². The number of hydrogen-bond acceptors (Lipinski definition) is 3. The summed E-state index contributed by atoms with van der Waals surface area (Å²) in [6, 6.07) is 8.80. The molecular formula is C16H21N3O. The van der Waals surface area contributed by atoms with Gasteiger partial charge in [0.25, 0.3) is 0 Å². The zero-order valence-corrected chi connectivity index (χ0v) is 12.1. The van der Waals surface area contributed by atoms with Gasteiger partial charge in [-0.15, -0.1) is 0 Å². The van der Waals surface area contributed by atoms with Gasteiger partial charge in [0.05, 0.1) is 18.8 Å². The molecule has 0 saturated heterocycles. The molecule has 20 heavy (non-hydrogen) atoms. The summed E-state index contributed by atoms with van der Waals surface area (Å²) in [6.45, 7) is 0.651. The Bertz CT molecular complexity index is 591. The predicted octanol–water partition coefficient (Wildman–Crippen LogP) is 3.06. The number of aryl methyl sites for hydroxylation is 1. The minimum atomic E-state index is 0.366. The molecule has 1 heterocycles. The zero-order valence-electron chi connectivity index (χ0n) is 12.1. The molecule has 2 aromatic rings. The number of methoxy groups -OCH3 is 1. The van der Waals surface area contributed by atoms with Gasteiger partial charge in [-0.25, -0.2) is 0 Å². The Labute approximate surface area is 119 Å². The Kier molecular flexibility index (Phi) is 3.74. The molecule has 106 valence electrons. The zero-order chi connectivity index (χ0) is 13.9. The van der Waals surface area contributed by atoms with Crippen LogP contribution in [0.1, 0.15) is 35.7 Å². The Balaban J connectivity index is 1.80. The Morgan fingerprint density at radius 3 is 3.20 bits per heavy atom. The number of aromatic nitrogens is 2. The first-order valence-corrected chi connectivity index (χ1v) is 7.13. The van der Waals surface area contributed by atoms with Crippen molar-refractivity contribution in [1.82, 2.24) is 9.78 Å². The van der Waals surface area contributed by atoms with E-state index in [-0.39, 0.29) is 0 Å². The summed E-state index contributed by atoms with van der Waals surface area (Å²) in [5, 5.41) is 8.03. The molecule has 1 aromatic heterocycles. The van der Waals surface area contributed by atoms with Gasteiger partial charge < -0.3 is 10.1 Å². The second kappa shape index (κ2) is 5.67. The fourth-order valence-electron chi connectivity index (χ4n) is 2.97. The number of nitrogens with one attached hydrogen (secondary N) is 1. The van der Waals surface area contributed by atoms with Crippen molar-refractivity contribution in [3.05, 3.63) is 47.3 Å². The lowest BCUT2D eigenvalue weighted by Crippen LogP contribution is -2.17. The first kappa shape index (κ1) is 13.2. The molecule has 0 amide bonds. The first-order chi connectivity index (χ1) is 9.78. The Morgan fingerprint density at radius 2 is 2.35 bits per heavy atom. The van der Waals surface area contributed by atoms with Gasteiger partial charge in [0, 0.05) is 31.1 Å². The molecule has 0 fully saturated rings. The van der Waals surface area contributed by atoms with E-state index in [9.17, 15) is 0 Å². The molecule has 0 bridgehead atoms. The van der Waals surface area contributed by atoms with Crippen molar-refractivity contribution in [2.45, 2.75) is 31.9 Å². The van der Waals surface area contributed by atoms with Crippen molar-refractivity contribution in [3.8, 4) is 0 Å². The molecule has 4 heteroatoms. The van der Waals surface area contributed by atoms with E-state index in [1.807, 2.05) is 17.9 Å². The van der Waals surface area contributed by atoms with Gasteiger partial charge in [-0.05, 0) is 37.0 Å². The average molecular weight is 271 g/mol. The van der Waals surface area contributed by atoms with E-state index in [4.69, 9.17) is 4.74 Å². The maximum Gasteiger partial charge on any atom is 0.0713 e. The summed E-state index contributed by atoms with van der Waals surface area (Å²) < 4.78 is 7.20. The van der Waals surface area contributed by atoms with Crippen molar-refractivity contribution in [3.63, 3.8) is 0 Å². The van der Waals surface area contributed by atoms with Crippen molar-refractivity contribution in [2.75, 3.05) is 12.4 Å². The third-order valence-corrected chi connectivity index (χ3v) is 3.95. The van der Waals surface area contributed by atoms with Crippen LogP contribution in [0.3, 0.4) is 0 Å². The average Bonchev–Trinajstić information content (AvgIpc) is 2.83. The highest BCUT2D eigenvalue weighted by Gasteiger charge is 2.23. The SMILES string of the molecule is COCc1cccc(NC2CCCc3c2cnn3C)c1. The Hall–Kier alpha value is -1.81. The summed E-state index contributed by atoms with van der Waals surface area (Å²) >= 11 is 0. The number of anilines is 1. The third kappa shape index (κ3) is 2.56. The molecule has 3 rings (SSSR count). The topological polar surface area (TPSA) is 39.1 Å². The minimum absolute atomic E-state index is 0.366. The number of hydrogen-bond donors (Lipinski definition) is 1. The van der Waals surface area contributed by atoms with Crippen LogP contribution in [0.2, 0.25) is 0 Å². The predicted molar refractivity (Wildman–Crippen MR) is 79.7 cm³/mol. The normalized spacial score (nSPS) is 17.8. The van der Waals surface area contributed by atoms with Crippen LogP contribution < -0.4 is 5.32 Å². The molecule has 1 unspecified atom stereocenters. The van der Waals surface area contributed by atoms with E-state index in [2.05, 4.69) is 34.7 Å². The molecular weight excluding hydrogens is 250 g/mol. The second-order valence-corrected chi connectivity index (χ2v) is 5.39. The van der Waals surface area contributed by atoms with Gasteiger partial charge in [-0.1, -0.05) is 12.1 Å². The van der Waals surface area contributed by atoms with Crippen molar-refractivity contribution in [2.24, 2.45) is 7.05 Å². The maximum absolute atomic E-state index is 5.19. The van der Waals surface area contributed by atoms with Crippen LogP contribution in [0, 0.1) is 0 Å². The summed E-state index contributed by atoms with van der Waals surface area (Å²) in [7, 11) is 3.75. The van der Waals surface area contributed by atoms with Crippen molar-refractivity contribution in [1.29, 1.82) is 0 Å². The molecule has 1 N–H and O–H groups in total. The summed E-state index contributed by atoms with van der Waals surface area (Å²) in [5.41, 5.74) is 5.05. The minimum Gasteiger partial charge on any atom is -0.380 e. The summed E-state index contributed by atoms with van der Waals surface area (Å²) in [4.78, 5) is 0. The lowest BCUT2D eigenvalue weighted by Gasteiger charge is -2.25. The van der Waals surface area contributed by atoms with Crippen LogP contribution in [-0.4, -0.2) is 16.9 Å². The molecule has 4 nitrogen and oxygen atoms in total. The molecule has 1 aliphatic rings. The van der Waals surface area contributed by atoms with E-state index in [0.29, 0.717) is 12.6 Å². The lowest BCUT2D eigenvalue weighted by molar-refractivity contribution is 0.185. The molecule has 0 saturated carbocycles. The van der Waals surface area contributed by atoms with Crippen LogP contribution in [0.15, 0.2) is 30.5 Å². The van der Waals surface area contributed by atoms with E-state index in [0.717, 1.165) is 18.5 Å².